The van der Waals surface area contributed by atoms with Crippen molar-refractivity contribution >= 4 is 38.7 Å². The lowest BCUT2D eigenvalue weighted by Crippen LogP contribution is -2.11. The van der Waals surface area contributed by atoms with E-state index < -0.39 is 0 Å². The van der Waals surface area contributed by atoms with Gasteiger partial charge in [0.25, 0.3) is 0 Å². The average Bonchev–Trinajstić information content (AvgIpc) is 3.31. The van der Waals surface area contributed by atoms with Crippen molar-refractivity contribution in [2.45, 2.75) is 39.7 Å². The largest absolute Gasteiger partial charge is 0.495 e. The third-order valence-corrected chi connectivity index (χ3v) is 6.62. The van der Waals surface area contributed by atoms with Gasteiger partial charge in [0.1, 0.15) is 17.6 Å². The number of carbonyl (C=O) groups excluding carboxylic acids is 1. The molecule has 0 aliphatic rings. The molecule has 4 rings (SSSR count). The number of carbonyl (C=O) groups is 1. The van der Waals surface area contributed by atoms with Crippen LogP contribution in [0.1, 0.15) is 36.6 Å². The van der Waals surface area contributed by atoms with Crippen molar-refractivity contribution < 1.29 is 14.3 Å². The second-order valence-electron chi connectivity index (χ2n) is 7.66. The third-order valence-electron chi connectivity index (χ3n) is 5.44. The summed E-state index contributed by atoms with van der Waals surface area (Å²) in [6.45, 7) is 5.00. The van der Waals surface area contributed by atoms with E-state index in [1.165, 1.54) is 6.33 Å². The molecule has 4 aromatic rings. The van der Waals surface area contributed by atoms with E-state index in [9.17, 15) is 4.79 Å². The number of anilines is 1. The number of thiophene rings is 1. The Kier molecular flexibility index (Phi) is 6.29. The first-order valence-electron chi connectivity index (χ1n) is 10.5. The zero-order chi connectivity index (χ0) is 22.8. The number of hydrogen-bond donors (Lipinski definition) is 2. The van der Waals surface area contributed by atoms with Crippen LogP contribution in [-0.4, -0.2) is 34.2 Å². The molecule has 0 saturated heterocycles. The van der Waals surface area contributed by atoms with Crippen molar-refractivity contribution in [3.63, 3.8) is 0 Å². The molecule has 8 nitrogen and oxygen atoms in total. The van der Waals surface area contributed by atoms with Crippen LogP contribution in [0.2, 0.25) is 0 Å². The Morgan fingerprint density at radius 1 is 1.28 bits per heavy atom. The summed E-state index contributed by atoms with van der Waals surface area (Å²) in [5, 5.41) is 5.60. The molecule has 1 aromatic carbocycles. The molecule has 0 unspecified atom stereocenters. The lowest BCUT2D eigenvalue weighted by molar-refractivity contribution is -0.118. The zero-order valence-electron chi connectivity index (χ0n) is 18.5. The van der Waals surface area contributed by atoms with Gasteiger partial charge in [-0.05, 0) is 49.8 Å². The molecule has 32 heavy (non-hydrogen) atoms. The van der Waals surface area contributed by atoms with Gasteiger partial charge in [0.05, 0.1) is 18.4 Å². The van der Waals surface area contributed by atoms with Crippen LogP contribution >= 0.6 is 11.3 Å². The Labute approximate surface area is 190 Å². The molecule has 9 heteroatoms. The number of primary amides is 1. The second kappa shape index (κ2) is 9.13. The summed E-state index contributed by atoms with van der Waals surface area (Å²) >= 11 is 1.64. The number of nitrogen functional groups attached to an aromatic ring is 1. The number of methoxy groups -OCH3 is 1. The SMILES string of the molecule is CCOCc1c(-c2cc3cc(C)cc(OC)c3s2)c2c(N)ncnn2c1CCCC(N)=O. The molecule has 1 amide bonds. The van der Waals surface area contributed by atoms with Gasteiger partial charge >= 0.3 is 0 Å². The Morgan fingerprint density at radius 2 is 2.09 bits per heavy atom. The second-order valence-corrected chi connectivity index (χ2v) is 8.71. The summed E-state index contributed by atoms with van der Waals surface area (Å²) in [6, 6.07) is 6.33. The molecule has 0 spiro atoms. The monoisotopic (exact) mass is 453 g/mol. The average molecular weight is 454 g/mol. The molecule has 0 aliphatic carbocycles. The summed E-state index contributed by atoms with van der Waals surface area (Å²) in [5.74, 6) is 0.921. The summed E-state index contributed by atoms with van der Waals surface area (Å²) in [5.41, 5.74) is 16.5. The van der Waals surface area contributed by atoms with Gasteiger partial charge in [0.15, 0.2) is 5.82 Å². The lowest BCUT2D eigenvalue weighted by atomic mass is 10.0. The van der Waals surface area contributed by atoms with E-state index in [1.807, 2.05) is 17.5 Å². The van der Waals surface area contributed by atoms with Gasteiger partial charge in [-0.3, -0.25) is 4.79 Å². The van der Waals surface area contributed by atoms with Crippen molar-refractivity contribution in [3.05, 3.63) is 41.3 Å². The van der Waals surface area contributed by atoms with Gasteiger partial charge in [0.2, 0.25) is 5.91 Å². The number of amides is 1. The van der Waals surface area contributed by atoms with E-state index in [0.29, 0.717) is 38.3 Å². The van der Waals surface area contributed by atoms with Gasteiger partial charge in [-0.15, -0.1) is 11.3 Å². The molecule has 0 radical (unpaired) electrons. The highest BCUT2D eigenvalue weighted by Gasteiger charge is 2.24. The predicted molar refractivity (Wildman–Crippen MR) is 127 cm³/mol. The van der Waals surface area contributed by atoms with Crippen LogP contribution in [-0.2, 0) is 22.6 Å². The molecule has 3 heterocycles. The maximum absolute atomic E-state index is 11.3. The maximum atomic E-state index is 11.3. The summed E-state index contributed by atoms with van der Waals surface area (Å²) in [4.78, 5) is 16.6. The van der Waals surface area contributed by atoms with Gasteiger partial charge in [-0.25, -0.2) is 9.50 Å². The molecule has 4 N–H and O–H groups in total. The van der Waals surface area contributed by atoms with Crippen LogP contribution in [0, 0.1) is 6.92 Å². The molecule has 168 valence electrons. The van der Waals surface area contributed by atoms with Crippen molar-refractivity contribution in [3.8, 4) is 16.2 Å². The summed E-state index contributed by atoms with van der Waals surface area (Å²) in [7, 11) is 1.69. The van der Waals surface area contributed by atoms with Crippen molar-refractivity contribution in [2.24, 2.45) is 5.73 Å². The highest BCUT2D eigenvalue weighted by molar-refractivity contribution is 7.22. The molecule has 0 saturated carbocycles. The minimum atomic E-state index is -0.321. The third kappa shape index (κ3) is 4.01. The van der Waals surface area contributed by atoms with E-state index in [1.54, 1.807) is 18.4 Å². The van der Waals surface area contributed by atoms with Crippen LogP contribution in [0.25, 0.3) is 26.0 Å². The highest BCUT2D eigenvalue weighted by Crippen LogP contribution is 2.44. The van der Waals surface area contributed by atoms with Crippen LogP contribution < -0.4 is 16.2 Å². The van der Waals surface area contributed by atoms with Crippen LogP contribution in [0.15, 0.2) is 24.5 Å². The van der Waals surface area contributed by atoms with Crippen molar-refractivity contribution in [1.29, 1.82) is 0 Å². The minimum absolute atomic E-state index is 0.302. The minimum Gasteiger partial charge on any atom is -0.495 e. The highest BCUT2D eigenvalue weighted by atomic mass is 32.1. The Morgan fingerprint density at radius 3 is 2.81 bits per heavy atom. The topological polar surface area (TPSA) is 118 Å². The molecule has 0 fully saturated rings. The van der Waals surface area contributed by atoms with E-state index in [0.717, 1.165) is 48.6 Å². The number of ether oxygens (including phenoxy) is 2. The number of rotatable bonds is 9. The first-order chi connectivity index (χ1) is 15.4. The van der Waals surface area contributed by atoms with E-state index in [4.69, 9.17) is 20.9 Å². The fraction of sp³-hybridized carbons (Fsp3) is 0.348. The number of benzene rings is 1. The number of aryl methyl sites for hydroxylation is 2. The number of fused-ring (bicyclic) bond motifs is 2. The zero-order valence-corrected chi connectivity index (χ0v) is 19.3. The van der Waals surface area contributed by atoms with Crippen LogP contribution in [0.3, 0.4) is 0 Å². The predicted octanol–water partition coefficient (Wildman–Crippen LogP) is 3.85. The van der Waals surface area contributed by atoms with E-state index in [-0.39, 0.29) is 5.91 Å². The number of nitrogens with two attached hydrogens (primary N) is 2. The van der Waals surface area contributed by atoms with E-state index >= 15 is 0 Å². The smallest absolute Gasteiger partial charge is 0.217 e. The molecule has 0 aliphatic heterocycles. The van der Waals surface area contributed by atoms with Crippen molar-refractivity contribution in [2.75, 3.05) is 19.5 Å². The quantitative estimate of drug-likeness (QED) is 0.397. The van der Waals surface area contributed by atoms with Gasteiger partial charge in [-0.1, -0.05) is 6.07 Å². The standard InChI is InChI=1S/C23H27N5O3S/c1-4-31-11-15-16(6-5-7-19(24)29)28-21(23(25)26-12-27-28)20(15)18-10-14-8-13(2)9-17(30-3)22(14)32-18/h8-10,12H,4-7,11H2,1-3H3,(H2,24,29)(H2,25,26,27). The molecular weight excluding hydrogens is 426 g/mol. The Bertz CT molecular complexity index is 1290. The fourth-order valence-electron chi connectivity index (χ4n) is 4.07. The van der Waals surface area contributed by atoms with Gasteiger partial charge in [0, 0.05) is 34.7 Å². The first kappa shape index (κ1) is 22.0. The van der Waals surface area contributed by atoms with Crippen LogP contribution in [0.5, 0.6) is 5.75 Å². The molecule has 0 atom stereocenters. The first-order valence-corrected chi connectivity index (χ1v) is 11.3. The summed E-state index contributed by atoms with van der Waals surface area (Å²) < 4.78 is 14.4. The Hall–Kier alpha value is -3.17. The maximum Gasteiger partial charge on any atom is 0.217 e. The summed E-state index contributed by atoms with van der Waals surface area (Å²) in [6.07, 6.45) is 2.99. The van der Waals surface area contributed by atoms with Gasteiger partial charge in [-0.2, -0.15) is 5.10 Å². The molecule has 0 bridgehead atoms. The number of hydrogen-bond acceptors (Lipinski definition) is 7. The van der Waals surface area contributed by atoms with Gasteiger partial charge < -0.3 is 20.9 Å². The lowest BCUT2D eigenvalue weighted by Gasteiger charge is -2.07. The van der Waals surface area contributed by atoms with E-state index in [2.05, 4.69) is 29.1 Å². The number of nitrogens with zero attached hydrogens (tertiary/aromatic N) is 3. The van der Waals surface area contributed by atoms with Crippen molar-refractivity contribution in [1.82, 2.24) is 14.6 Å². The Balaban J connectivity index is 1.97. The molecular formula is C23H27N5O3S. The van der Waals surface area contributed by atoms with Crippen LogP contribution in [0.4, 0.5) is 5.82 Å². The molecule has 3 aromatic heterocycles. The number of aromatic nitrogens is 3. The fourth-order valence-corrected chi connectivity index (χ4v) is 5.28. The normalized spacial score (nSPS) is 11.5.